The van der Waals surface area contributed by atoms with E-state index in [9.17, 15) is 4.39 Å². The van der Waals surface area contributed by atoms with Crippen molar-refractivity contribution in [2.24, 2.45) is 0 Å². The minimum absolute atomic E-state index is 0.0144. The standard InChI is InChI=1S/C15H19FN2O/c1-11(9-18-15(2,3)4)10-19-13-6-5-12(8-17)14(16)7-13/h5-7,18H,1,9-10H2,2-4H3. The van der Waals surface area contributed by atoms with Gasteiger partial charge in [0.05, 0.1) is 5.56 Å². The number of nitrogens with one attached hydrogen (secondary N) is 1. The van der Waals surface area contributed by atoms with E-state index in [0.717, 1.165) is 5.57 Å². The average Bonchev–Trinajstić information content (AvgIpc) is 2.33. The summed E-state index contributed by atoms with van der Waals surface area (Å²) in [5.41, 5.74) is 0.906. The highest BCUT2D eigenvalue weighted by Gasteiger charge is 2.09. The summed E-state index contributed by atoms with van der Waals surface area (Å²) >= 11 is 0. The Morgan fingerprint density at radius 2 is 2.16 bits per heavy atom. The highest BCUT2D eigenvalue weighted by Crippen LogP contribution is 2.16. The summed E-state index contributed by atoms with van der Waals surface area (Å²) in [4.78, 5) is 0. The molecule has 102 valence electrons. The molecule has 1 aromatic carbocycles. The van der Waals surface area contributed by atoms with E-state index < -0.39 is 5.82 Å². The maximum Gasteiger partial charge on any atom is 0.144 e. The quantitative estimate of drug-likeness (QED) is 0.830. The van der Waals surface area contributed by atoms with Crippen molar-refractivity contribution in [2.45, 2.75) is 26.3 Å². The average molecular weight is 262 g/mol. The first-order valence-corrected chi connectivity index (χ1v) is 6.06. The van der Waals surface area contributed by atoms with Crippen molar-refractivity contribution >= 4 is 0 Å². The van der Waals surface area contributed by atoms with Crippen LogP contribution in [0.25, 0.3) is 0 Å². The molecule has 0 amide bonds. The van der Waals surface area contributed by atoms with Crippen molar-refractivity contribution in [3.8, 4) is 11.8 Å². The van der Waals surface area contributed by atoms with E-state index in [4.69, 9.17) is 10.00 Å². The Morgan fingerprint density at radius 1 is 1.47 bits per heavy atom. The van der Waals surface area contributed by atoms with Gasteiger partial charge in [0.1, 0.15) is 24.2 Å². The molecule has 0 aliphatic carbocycles. The highest BCUT2D eigenvalue weighted by molar-refractivity contribution is 5.36. The number of hydrogen-bond donors (Lipinski definition) is 1. The fourth-order valence-corrected chi connectivity index (χ4v) is 1.30. The van der Waals surface area contributed by atoms with Crippen molar-refractivity contribution in [3.05, 3.63) is 41.7 Å². The Labute approximate surface area is 113 Å². The molecule has 0 aliphatic heterocycles. The van der Waals surface area contributed by atoms with Crippen LogP contribution < -0.4 is 10.1 Å². The van der Waals surface area contributed by atoms with E-state index in [0.29, 0.717) is 18.9 Å². The first kappa shape index (κ1) is 15.2. The maximum atomic E-state index is 13.3. The van der Waals surface area contributed by atoms with Gasteiger partial charge < -0.3 is 10.1 Å². The molecule has 19 heavy (non-hydrogen) atoms. The third-order valence-electron chi connectivity index (χ3n) is 2.37. The number of halogens is 1. The van der Waals surface area contributed by atoms with Crippen LogP contribution in [0.3, 0.4) is 0 Å². The van der Waals surface area contributed by atoms with Crippen LogP contribution in [0, 0.1) is 17.1 Å². The largest absolute Gasteiger partial charge is 0.489 e. The van der Waals surface area contributed by atoms with Crippen molar-refractivity contribution < 1.29 is 9.13 Å². The molecule has 4 heteroatoms. The number of nitriles is 1. The van der Waals surface area contributed by atoms with Crippen LogP contribution in [0.4, 0.5) is 4.39 Å². The van der Waals surface area contributed by atoms with Gasteiger partial charge in [-0.3, -0.25) is 0 Å². The summed E-state index contributed by atoms with van der Waals surface area (Å²) < 4.78 is 18.8. The molecule has 0 saturated carbocycles. The second kappa shape index (κ2) is 6.35. The van der Waals surface area contributed by atoms with Gasteiger partial charge in [0, 0.05) is 18.2 Å². The minimum Gasteiger partial charge on any atom is -0.489 e. The predicted octanol–water partition coefficient (Wildman–Crippen LogP) is 3.02. The van der Waals surface area contributed by atoms with Gasteiger partial charge in [-0.05, 0) is 38.5 Å². The monoisotopic (exact) mass is 262 g/mol. The molecule has 0 aliphatic rings. The van der Waals surface area contributed by atoms with E-state index in [1.165, 1.54) is 12.1 Å². The molecular formula is C15H19FN2O. The number of hydrogen-bond acceptors (Lipinski definition) is 3. The molecule has 1 rings (SSSR count). The number of rotatable bonds is 5. The van der Waals surface area contributed by atoms with Gasteiger partial charge >= 0.3 is 0 Å². The molecule has 3 nitrogen and oxygen atoms in total. The van der Waals surface area contributed by atoms with Gasteiger partial charge in [0.15, 0.2) is 0 Å². The van der Waals surface area contributed by atoms with Crippen LogP contribution in [0.15, 0.2) is 30.4 Å². The maximum absolute atomic E-state index is 13.3. The van der Waals surface area contributed by atoms with E-state index in [1.807, 2.05) is 0 Å². The summed E-state index contributed by atoms with van der Waals surface area (Å²) in [6.07, 6.45) is 0. The lowest BCUT2D eigenvalue weighted by molar-refractivity contribution is 0.339. The van der Waals surface area contributed by atoms with E-state index >= 15 is 0 Å². The topological polar surface area (TPSA) is 45.0 Å². The summed E-state index contributed by atoms with van der Waals surface area (Å²) in [6.45, 7) is 11.1. The molecule has 0 atom stereocenters. The second-order valence-corrected chi connectivity index (χ2v) is 5.40. The zero-order valence-electron chi connectivity index (χ0n) is 11.6. The number of nitrogens with zero attached hydrogens (tertiary/aromatic N) is 1. The zero-order chi connectivity index (χ0) is 14.5. The van der Waals surface area contributed by atoms with Crippen LogP contribution in [-0.4, -0.2) is 18.7 Å². The van der Waals surface area contributed by atoms with Crippen LogP contribution >= 0.6 is 0 Å². The Morgan fingerprint density at radius 3 is 2.68 bits per heavy atom. The fraction of sp³-hybridized carbons (Fsp3) is 0.400. The Kier molecular flexibility index (Phi) is 5.08. The van der Waals surface area contributed by atoms with E-state index in [1.54, 1.807) is 12.1 Å². The summed E-state index contributed by atoms with van der Waals surface area (Å²) in [5.74, 6) is -0.174. The van der Waals surface area contributed by atoms with E-state index in [-0.39, 0.29) is 11.1 Å². The first-order valence-electron chi connectivity index (χ1n) is 6.06. The van der Waals surface area contributed by atoms with Crippen molar-refractivity contribution in [1.82, 2.24) is 5.32 Å². The van der Waals surface area contributed by atoms with Crippen LogP contribution in [-0.2, 0) is 0 Å². The lowest BCUT2D eigenvalue weighted by Gasteiger charge is -2.21. The lowest BCUT2D eigenvalue weighted by atomic mass is 10.1. The van der Waals surface area contributed by atoms with Crippen LogP contribution in [0.2, 0.25) is 0 Å². The van der Waals surface area contributed by atoms with Gasteiger partial charge in [-0.25, -0.2) is 4.39 Å². The van der Waals surface area contributed by atoms with Gasteiger partial charge in [0.25, 0.3) is 0 Å². The highest BCUT2D eigenvalue weighted by atomic mass is 19.1. The summed E-state index contributed by atoms with van der Waals surface area (Å²) in [6, 6.07) is 5.96. The Hall–Kier alpha value is -1.86. The first-order chi connectivity index (χ1) is 8.81. The predicted molar refractivity (Wildman–Crippen MR) is 73.5 cm³/mol. The van der Waals surface area contributed by atoms with Gasteiger partial charge in [-0.1, -0.05) is 6.58 Å². The smallest absolute Gasteiger partial charge is 0.144 e. The Bertz CT molecular complexity index is 498. The number of benzene rings is 1. The fourth-order valence-electron chi connectivity index (χ4n) is 1.30. The molecule has 0 heterocycles. The third kappa shape index (κ3) is 5.54. The normalized spacial score (nSPS) is 10.9. The van der Waals surface area contributed by atoms with Crippen molar-refractivity contribution in [2.75, 3.05) is 13.2 Å². The van der Waals surface area contributed by atoms with E-state index in [2.05, 4.69) is 32.7 Å². The van der Waals surface area contributed by atoms with Crippen molar-refractivity contribution in [1.29, 1.82) is 5.26 Å². The SMILES string of the molecule is C=C(CNC(C)(C)C)COc1ccc(C#N)c(F)c1. The van der Waals surface area contributed by atoms with Gasteiger partial charge in [0.2, 0.25) is 0 Å². The Balaban J connectivity index is 2.47. The zero-order valence-corrected chi connectivity index (χ0v) is 11.6. The molecule has 0 aromatic heterocycles. The molecule has 1 N–H and O–H groups in total. The molecule has 1 aromatic rings. The minimum atomic E-state index is -0.571. The van der Waals surface area contributed by atoms with Gasteiger partial charge in [-0.2, -0.15) is 5.26 Å². The molecule has 0 spiro atoms. The molecule has 0 bridgehead atoms. The van der Waals surface area contributed by atoms with Crippen LogP contribution in [0.5, 0.6) is 5.75 Å². The van der Waals surface area contributed by atoms with Crippen molar-refractivity contribution in [3.63, 3.8) is 0 Å². The molecule has 0 radical (unpaired) electrons. The van der Waals surface area contributed by atoms with Gasteiger partial charge in [-0.15, -0.1) is 0 Å². The third-order valence-corrected chi connectivity index (χ3v) is 2.37. The summed E-state index contributed by atoms with van der Waals surface area (Å²) in [7, 11) is 0. The summed E-state index contributed by atoms with van der Waals surface area (Å²) in [5, 5.41) is 11.9. The lowest BCUT2D eigenvalue weighted by Crippen LogP contribution is -2.37. The molecule has 0 unspecified atom stereocenters. The second-order valence-electron chi connectivity index (χ2n) is 5.40. The van der Waals surface area contributed by atoms with Crippen LogP contribution in [0.1, 0.15) is 26.3 Å². The molecular weight excluding hydrogens is 243 g/mol. The number of ether oxygens (including phenoxy) is 1. The molecule has 0 fully saturated rings. The molecule has 0 saturated heterocycles.